The second-order valence-electron chi connectivity index (χ2n) is 3.68. The van der Waals surface area contributed by atoms with E-state index in [1.807, 2.05) is 6.07 Å². The Morgan fingerprint density at radius 3 is 3.07 bits per heavy atom. The van der Waals surface area contributed by atoms with E-state index in [1.54, 1.807) is 12.4 Å². The molecule has 1 aromatic heterocycles. The summed E-state index contributed by atoms with van der Waals surface area (Å²) >= 11 is 9.18. The van der Waals surface area contributed by atoms with Gasteiger partial charge in [-0.05, 0) is 40.8 Å². The highest BCUT2D eigenvalue weighted by Gasteiger charge is 2.00. The maximum Gasteiger partial charge on any atom is 0.0590 e. The Hall–Kier alpha value is -0.280. The molecule has 0 amide bonds. The Bertz CT molecular complexity index is 294. The first-order valence-corrected chi connectivity index (χ1v) is 6.46. The zero-order valence-electron chi connectivity index (χ0n) is 8.84. The van der Waals surface area contributed by atoms with Gasteiger partial charge in [0.15, 0.2) is 0 Å². The van der Waals surface area contributed by atoms with Gasteiger partial charge in [-0.15, -0.1) is 11.6 Å². The molecule has 1 N–H and O–H groups in total. The van der Waals surface area contributed by atoms with Crippen LogP contribution in [0.3, 0.4) is 0 Å². The van der Waals surface area contributed by atoms with Gasteiger partial charge in [0, 0.05) is 24.8 Å². The summed E-state index contributed by atoms with van der Waals surface area (Å²) in [7, 11) is 0. The molecule has 1 atom stereocenters. The van der Waals surface area contributed by atoms with Crippen LogP contribution in [0.1, 0.15) is 19.8 Å². The number of anilines is 1. The van der Waals surface area contributed by atoms with Gasteiger partial charge in [-0.25, -0.2) is 0 Å². The van der Waals surface area contributed by atoms with Crippen molar-refractivity contribution in [2.75, 3.05) is 17.7 Å². The van der Waals surface area contributed by atoms with Crippen LogP contribution >= 0.6 is 27.5 Å². The molecular weight excluding hydrogens is 275 g/mol. The van der Waals surface area contributed by atoms with E-state index < -0.39 is 0 Å². The summed E-state index contributed by atoms with van der Waals surface area (Å²) in [6.07, 6.45) is 5.89. The smallest absolute Gasteiger partial charge is 0.0590 e. The lowest BCUT2D eigenvalue weighted by Gasteiger charge is -2.09. The maximum absolute atomic E-state index is 5.74. The molecule has 0 saturated carbocycles. The third kappa shape index (κ3) is 4.85. The van der Waals surface area contributed by atoms with E-state index in [4.69, 9.17) is 11.6 Å². The van der Waals surface area contributed by atoms with Crippen molar-refractivity contribution in [1.29, 1.82) is 0 Å². The van der Waals surface area contributed by atoms with Gasteiger partial charge in [0.1, 0.15) is 0 Å². The van der Waals surface area contributed by atoms with Gasteiger partial charge in [-0.1, -0.05) is 6.92 Å². The summed E-state index contributed by atoms with van der Waals surface area (Å²) in [5.41, 5.74) is 1.10. The first-order valence-electron chi connectivity index (χ1n) is 5.13. The van der Waals surface area contributed by atoms with Crippen LogP contribution in [0.5, 0.6) is 0 Å². The van der Waals surface area contributed by atoms with Gasteiger partial charge in [0.05, 0.1) is 10.2 Å². The average molecular weight is 292 g/mol. The van der Waals surface area contributed by atoms with Crippen molar-refractivity contribution in [2.45, 2.75) is 19.8 Å². The van der Waals surface area contributed by atoms with Crippen molar-refractivity contribution in [3.63, 3.8) is 0 Å². The zero-order chi connectivity index (χ0) is 11.1. The van der Waals surface area contributed by atoms with Crippen molar-refractivity contribution in [3.05, 3.63) is 22.9 Å². The molecule has 15 heavy (non-hydrogen) atoms. The Morgan fingerprint density at radius 1 is 1.60 bits per heavy atom. The third-order valence-corrected chi connectivity index (χ3v) is 3.38. The van der Waals surface area contributed by atoms with E-state index in [9.17, 15) is 0 Å². The van der Waals surface area contributed by atoms with Gasteiger partial charge in [0.2, 0.25) is 0 Å². The van der Waals surface area contributed by atoms with Gasteiger partial charge >= 0.3 is 0 Å². The number of rotatable bonds is 6. The van der Waals surface area contributed by atoms with Crippen LogP contribution in [0.15, 0.2) is 22.9 Å². The molecule has 1 heterocycles. The second kappa shape index (κ2) is 7.07. The number of nitrogens with zero attached hydrogens (tertiary/aromatic N) is 1. The van der Waals surface area contributed by atoms with Crippen molar-refractivity contribution in [1.82, 2.24) is 4.98 Å². The molecule has 1 aromatic rings. The molecule has 0 radical (unpaired) electrons. The van der Waals surface area contributed by atoms with E-state index >= 15 is 0 Å². The van der Waals surface area contributed by atoms with Crippen molar-refractivity contribution < 1.29 is 0 Å². The molecule has 84 valence electrons. The summed E-state index contributed by atoms with van der Waals surface area (Å²) in [5.74, 6) is 1.35. The van der Waals surface area contributed by atoms with Crippen LogP contribution in [-0.4, -0.2) is 17.4 Å². The van der Waals surface area contributed by atoms with Crippen LogP contribution in [0, 0.1) is 5.92 Å². The lowest BCUT2D eigenvalue weighted by molar-refractivity contribution is 0.572. The fraction of sp³-hybridized carbons (Fsp3) is 0.545. The van der Waals surface area contributed by atoms with Crippen molar-refractivity contribution in [2.24, 2.45) is 5.92 Å². The summed E-state index contributed by atoms with van der Waals surface area (Å²) in [5, 5.41) is 3.36. The largest absolute Gasteiger partial charge is 0.384 e. The molecular formula is C11H16BrClN2. The zero-order valence-corrected chi connectivity index (χ0v) is 11.2. The first kappa shape index (κ1) is 12.8. The highest BCUT2D eigenvalue weighted by Crippen LogP contribution is 2.20. The van der Waals surface area contributed by atoms with E-state index in [0.717, 1.165) is 29.0 Å². The quantitative estimate of drug-likeness (QED) is 0.635. The Balaban J connectivity index is 2.23. The number of hydrogen-bond acceptors (Lipinski definition) is 2. The fourth-order valence-electron chi connectivity index (χ4n) is 1.27. The monoisotopic (exact) mass is 290 g/mol. The lowest BCUT2D eigenvalue weighted by atomic mass is 10.1. The van der Waals surface area contributed by atoms with Crippen LogP contribution in [-0.2, 0) is 0 Å². The number of halogens is 2. The molecule has 0 bridgehead atoms. The molecule has 1 unspecified atom stereocenters. The van der Waals surface area contributed by atoms with E-state index in [-0.39, 0.29) is 0 Å². The molecule has 1 rings (SSSR count). The number of alkyl halides is 1. The first-order chi connectivity index (χ1) is 7.24. The number of aromatic nitrogens is 1. The fourth-order valence-corrected chi connectivity index (χ4v) is 1.81. The van der Waals surface area contributed by atoms with Gasteiger partial charge in [-0.2, -0.15) is 0 Å². The molecule has 0 aromatic carbocycles. The maximum atomic E-state index is 5.74. The second-order valence-corrected chi connectivity index (χ2v) is 4.85. The molecule has 2 nitrogen and oxygen atoms in total. The normalized spacial score (nSPS) is 12.5. The predicted molar refractivity (Wildman–Crippen MR) is 69.5 cm³/mol. The Morgan fingerprint density at radius 2 is 2.40 bits per heavy atom. The molecule has 0 spiro atoms. The Kier molecular flexibility index (Phi) is 6.03. The Labute approximate surface area is 105 Å². The molecule has 0 saturated heterocycles. The van der Waals surface area contributed by atoms with Gasteiger partial charge in [0.25, 0.3) is 0 Å². The van der Waals surface area contributed by atoms with Crippen LogP contribution in [0.25, 0.3) is 0 Å². The molecule has 0 aliphatic carbocycles. The van der Waals surface area contributed by atoms with E-state index in [2.05, 4.69) is 33.2 Å². The summed E-state index contributed by atoms with van der Waals surface area (Å²) < 4.78 is 1.01. The van der Waals surface area contributed by atoms with E-state index in [1.165, 1.54) is 6.42 Å². The predicted octanol–water partition coefficient (Wildman–Crippen LogP) is 3.91. The van der Waals surface area contributed by atoms with E-state index in [0.29, 0.717) is 5.92 Å². The molecule has 0 aliphatic rings. The van der Waals surface area contributed by atoms with Crippen molar-refractivity contribution in [3.8, 4) is 0 Å². The summed E-state index contributed by atoms with van der Waals surface area (Å²) in [6, 6.07) is 1.97. The van der Waals surface area contributed by atoms with Gasteiger partial charge < -0.3 is 5.32 Å². The third-order valence-electron chi connectivity index (χ3n) is 2.23. The SMILES string of the molecule is CC(CCl)CCCNc1ccncc1Br. The summed E-state index contributed by atoms with van der Waals surface area (Å²) in [6.45, 7) is 3.15. The van der Waals surface area contributed by atoms with Crippen molar-refractivity contribution >= 4 is 33.2 Å². The van der Waals surface area contributed by atoms with Gasteiger partial charge in [-0.3, -0.25) is 4.98 Å². The highest BCUT2D eigenvalue weighted by atomic mass is 79.9. The minimum Gasteiger partial charge on any atom is -0.384 e. The van der Waals surface area contributed by atoms with Crippen LogP contribution in [0.4, 0.5) is 5.69 Å². The minimum absolute atomic E-state index is 0.606. The lowest BCUT2D eigenvalue weighted by Crippen LogP contribution is -2.05. The molecule has 4 heteroatoms. The number of pyridine rings is 1. The summed E-state index contributed by atoms with van der Waals surface area (Å²) in [4.78, 5) is 4.01. The topological polar surface area (TPSA) is 24.9 Å². The minimum atomic E-state index is 0.606. The number of hydrogen-bond donors (Lipinski definition) is 1. The molecule has 0 fully saturated rings. The molecule has 0 aliphatic heterocycles. The number of nitrogens with one attached hydrogen (secondary N) is 1. The van der Waals surface area contributed by atoms with Crippen LogP contribution in [0.2, 0.25) is 0 Å². The van der Waals surface area contributed by atoms with Crippen LogP contribution < -0.4 is 5.32 Å². The highest BCUT2D eigenvalue weighted by molar-refractivity contribution is 9.10. The average Bonchev–Trinajstić information content (AvgIpc) is 2.26. The standard InChI is InChI=1S/C11H16BrClN2/c1-9(7-13)3-2-5-15-11-4-6-14-8-10(11)12/h4,6,8-9H,2-3,5,7H2,1H3,(H,14,15).